The van der Waals surface area contributed by atoms with E-state index in [9.17, 15) is 5.11 Å². The lowest BCUT2D eigenvalue weighted by Gasteiger charge is -2.55. The second-order valence-electron chi connectivity index (χ2n) is 7.60. The molecule has 0 spiro atoms. The van der Waals surface area contributed by atoms with Gasteiger partial charge in [0.05, 0.1) is 6.61 Å². The molecule has 0 heterocycles. The van der Waals surface area contributed by atoms with Crippen LogP contribution in [0.15, 0.2) is 49.1 Å². The van der Waals surface area contributed by atoms with Crippen LogP contribution in [-0.2, 0) is 0 Å². The number of allylic oxidation sites excluding steroid dienone is 4. The highest BCUT2D eigenvalue weighted by Crippen LogP contribution is 2.60. The minimum absolute atomic E-state index is 0.118. The molecule has 2 rings (SSSR count). The molecule has 128 valence electrons. The van der Waals surface area contributed by atoms with Crippen LogP contribution in [-0.4, -0.2) is 11.7 Å². The number of fused-ring (bicyclic) bond motifs is 1. The molecule has 0 aromatic heterocycles. The molecule has 0 amide bonds. The van der Waals surface area contributed by atoms with E-state index in [1.54, 1.807) is 0 Å². The van der Waals surface area contributed by atoms with Gasteiger partial charge in [-0.25, -0.2) is 0 Å². The molecule has 1 N–H and O–H groups in total. The van der Waals surface area contributed by atoms with Gasteiger partial charge in [0.1, 0.15) is 0 Å². The maximum Gasteiger partial charge on any atom is 0.0642 e. The Hall–Kier alpha value is -1.08. The normalized spacial score (nSPS) is 31.8. The number of hydrogen-bond donors (Lipinski definition) is 1. The Morgan fingerprint density at radius 1 is 1.13 bits per heavy atom. The maximum absolute atomic E-state index is 9.90. The van der Waals surface area contributed by atoms with E-state index >= 15 is 0 Å². The zero-order valence-electron chi connectivity index (χ0n) is 14.9. The Labute approximate surface area is 142 Å². The Kier molecular flexibility index (Phi) is 6.47. The van der Waals surface area contributed by atoms with Gasteiger partial charge in [-0.1, -0.05) is 43.1 Å². The number of rotatable bonds is 7. The van der Waals surface area contributed by atoms with Crippen LogP contribution in [0, 0.1) is 23.2 Å². The molecule has 0 bridgehead atoms. The van der Waals surface area contributed by atoms with E-state index in [4.69, 9.17) is 0 Å². The third kappa shape index (κ3) is 3.40. The number of hydrogen-bond acceptors (Lipinski definition) is 1. The summed E-state index contributed by atoms with van der Waals surface area (Å²) in [6, 6.07) is 0. The SMILES string of the molecule is C=CCC1CC2CCCCC2C(CC=C)(CC=C)C1=C(C)CO. The molecule has 0 saturated heterocycles. The highest BCUT2D eigenvalue weighted by molar-refractivity contribution is 5.31. The van der Waals surface area contributed by atoms with E-state index in [1.807, 2.05) is 0 Å². The van der Waals surface area contributed by atoms with Crippen LogP contribution in [0.5, 0.6) is 0 Å². The predicted octanol–water partition coefficient (Wildman–Crippen LogP) is 5.84. The highest BCUT2D eigenvalue weighted by atomic mass is 16.3. The molecule has 23 heavy (non-hydrogen) atoms. The standard InChI is InChI=1S/C22H34O/c1-5-10-19-15-18-11-8-9-12-20(18)22(13-6-2,14-7-3)21(19)17(4)16-23/h5-7,18-20,23H,1-3,8-16H2,4H3. The zero-order valence-corrected chi connectivity index (χ0v) is 14.9. The van der Waals surface area contributed by atoms with Gasteiger partial charge in [-0.3, -0.25) is 0 Å². The van der Waals surface area contributed by atoms with Crippen LogP contribution >= 0.6 is 0 Å². The summed E-state index contributed by atoms with van der Waals surface area (Å²) in [6.07, 6.45) is 15.9. The summed E-state index contributed by atoms with van der Waals surface area (Å²) in [7, 11) is 0. The van der Waals surface area contributed by atoms with Crippen LogP contribution in [0.4, 0.5) is 0 Å². The van der Waals surface area contributed by atoms with Crippen LogP contribution in [0.3, 0.4) is 0 Å². The van der Waals surface area contributed by atoms with Gasteiger partial charge in [-0.2, -0.15) is 0 Å². The van der Waals surface area contributed by atoms with Gasteiger partial charge < -0.3 is 5.11 Å². The van der Waals surface area contributed by atoms with Crippen molar-refractivity contribution in [1.29, 1.82) is 0 Å². The molecule has 2 fully saturated rings. The van der Waals surface area contributed by atoms with E-state index in [-0.39, 0.29) is 12.0 Å². The lowest BCUT2D eigenvalue weighted by atomic mass is 9.49. The quantitative estimate of drug-likeness (QED) is 0.586. The Balaban J connectivity index is 2.59. The maximum atomic E-state index is 9.90. The first-order valence-corrected chi connectivity index (χ1v) is 9.28. The molecule has 0 radical (unpaired) electrons. The fourth-order valence-electron chi connectivity index (χ4n) is 5.70. The monoisotopic (exact) mass is 314 g/mol. The van der Waals surface area contributed by atoms with E-state index in [0.717, 1.165) is 25.2 Å². The Morgan fingerprint density at radius 3 is 2.35 bits per heavy atom. The first-order chi connectivity index (χ1) is 11.1. The molecular weight excluding hydrogens is 280 g/mol. The summed E-state index contributed by atoms with van der Waals surface area (Å²) in [5, 5.41) is 9.90. The molecule has 0 aromatic carbocycles. The van der Waals surface area contributed by atoms with Crippen molar-refractivity contribution in [2.75, 3.05) is 6.61 Å². The van der Waals surface area contributed by atoms with Crippen LogP contribution < -0.4 is 0 Å². The van der Waals surface area contributed by atoms with E-state index in [2.05, 4.69) is 44.9 Å². The summed E-state index contributed by atoms with van der Waals surface area (Å²) in [5.41, 5.74) is 2.79. The highest BCUT2D eigenvalue weighted by Gasteiger charge is 2.50. The summed E-state index contributed by atoms with van der Waals surface area (Å²) in [6.45, 7) is 14.4. The molecule has 1 nitrogen and oxygen atoms in total. The second-order valence-corrected chi connectivity index (χ2v) is 7.60. The van der Waals surface area contributed by atoms with Crippen molar-refractivity contribution in [3.63, 3.8) is 0 Å². The van der Waals surface area contributed by atoms with Gasteiger partial charge in [0.15, 0.2) is 0 Å². The molecule has 1 heteroatoms. The summed E-state index contributed by atoms with van der Waals surface area (Å²) in [4.78, 5) is 0. The smallest absolute Gasteiger partial charge is 0.0642 e. The second kappa shape index (κ2) is 8.15. The largest absolute Gasteiger partial charge is 0.392 e. The van der Waals surface area contributed by atoms with Crippen molar-refractivity contribution >= 4 is 0 Å². The van der Waals surface area contributed by atoms with Gasteiger partial charge in [0.25, 0.3) is 0 Å². The summed E-state index contributed by atoms with van der Waals surface area (Å²) in [5.74, 6) is 2.05. The van der Waals surface area contributed by atoms with Crippen LogP contribution in [0.25, 0.3) is 0 Å². The molecule has 2 aliphatic rings. The molecule has 0 aliphatic heterocycles. The zero-order chi connectivity index (χ0) is 16.9. The van der Waals surface area contributed by atoms with Crippen molar-refractivity contribution in [2.24, 2.45) is 23.2 Å². The third-order valence-electron chi connectivity index (χ3n) is 6.32. The lowest BCUT2D eigenvalue weighted by Crippen LogP contribution is -2.46. The topological polar surface area (TPSA) is 20.2 Å². The van der Waals surface area contributed by atoms with Crippen molar-refractivity contribution < 1.29 is 5.11 Å². The first-order valence-electron chi connectivity index (χ1n) is 9.28. The summed E-state index contributed by atoms with van der Waals surface area (Å²) >= 11 is 0. The Bertz CT molecular complexity index is 460. The van der Waals surface area contributed by atoms with Gasteiger partial charge in [-0.15, -0.1) is 19.7 Å². The van der Waals surface area contributed by atoms with Gasteiger partial charge in [0, 0.05) is 5.41 Å². The molecule has 0 aromatic rings. The average molecular weight is 315 g/mol. The van der Waals surface area contributed by atoms with E-state index in [1.165, 1.54) is 43.3 Å². The molecular formula is C22H34O. The lowest BCUT2D eigenvalue weighted by molar-refractivity contribution is 0.0364. The summed E-state index contributed by atoms with van der Waals surface area (Å²) < 4.78 is 0. The van der Waals surface area contributed by atoms with Crippen molar-refractivity contribution in [3.05, 3.63) is 49.1 Å². The van der Waals surface area contributed by atoms with Gasteiger partial charge >= 0.3 is 0 Å². The molecule has 2 saturated carbocycles. The molecule has 2 aliphatic carbocycles. The van der Waals surface area contributed by atoms with E-state index < -0.39 is 0 Å². The first kappa shape index (κ1) is 18.3. The van der Waals surface area contributed by atoms with Crippen LogP contribution in [0.2, 0.25) is 0 Å². The molecule has 3 unspecified atom stereocenters. The fourth-order valence-corrected chi connectivity index (χ4v) is 5.70. The van der Waals surface area contributed by atoms with Crippen molar-refractivity contribution in [1.82, 2.24) is 0 Å². The van der Waals surface area contributed by atoms with E-state index in [0.29, 0.717) is 11.8 Å². The molecule has 3 atom stereocenters. The third-order valence-corrected chi connectivity index (χ3v) is 6.32. The number of aliphatic hydroxyl groups is 1. The van der Waals surface area contributed by atoms with Crippen molar-refractivity contribution in [3.8, 4) is 0 Å². The fraction of sp³-hybridized carbons (Fsp3) is 0.636. The van der Waals surface area contributed by atoms with Crippen LogP contribution in [0.1, 0.15) is 58.3 Å². The number of aliphatic hydroxyl groups excluding tert-OH is 1. The van der Waals surface area contributed by atoms with Gasteiger partial charge in [-0.05, 0) is 62.4 Å². The predicted molar refractivity (Wildman–Crippen MR) is 100 cm³/mol. The minimum Gasteiger partial charge on any atom is -0.392 e. The average Bonchev–Trinajstić information content (AvgIpc) is 2.55. The minimum atomic E-state index is 0.118. The van der Waals surface area contributed by atoms with Crippen molar-refractivity contribution in [2.45, 2.75) is 58.3 Å². The Morgan fingerprint density at radius 2 is 1.78 bits per heavy atom. The van der Waals surface area contributed by atoms with Gasteiger partial charge in [0.2, 0.25) is 0 Å².